The third-order valence-corrected chi connectivity index (χ3v) is 6.48. The molecule has 5 nitrogen and oxygen atoms in total. The van der Waals surface area contributed by atoms with E-state index in [9.17, 15) is 0 Å². The van der Waals surface area contributed by atoms with Crippen molar-refractivity contribution < 1.29 is 18.3 Å². The quantitative estimate of drug-likeness (QED) is 0.295. The fraction of sp³-hybridized carbons (Fsp3) is 0.258. The van der Waals surface area contributed by atoms with Crippen molar-refractivity contribution in [2.75, 3.05) is 18.0 Å². The molecule has 0 radical (unpaired) electrons. The van der Waals surface area contributed by atoms with Gasteiger partial charge in [0.1, 0.15) is 30.5 Å². The molecule has 196 valence electrons. The molecule has 1 fully saturated rings. The van der Waals surface area contributed by atoms with Crippen LogP contribution in [0.4, 0.5) is 14.5 Å². The third-order valence-electron chi connectivity index (χ3n) is 6.48. The Morgan fingerprint density at radius 3 is 1.92 bits per heavy atom. The highest BCUT2D eigenvalue weighted by Crippen LogP contribution is 2.36. The van der Waals surface area contributed by atoms with Crippen molar-refractivity contribution in [2.24, 2.45) is 0 Å². The van der Waals surface area contributed by atoms with Gasteiger partial charge in [-0.25, -0.2) is 8.78 Å². The summed E-state index contributed by atoms with van der Waals surface area (Å²) < 4.78 is 42.8. The summed E-state index contributed by atoms with van der Waals surface area (Å²) in [6.45, 7) is 5.66. The summed E-state index contributed by atoms with van der Waals surface area (Å²) in [7, 11) is 0. The minimum Gasteiger partial charge on any atom is -0.473 e. The lowest BCUT2D eigenvalue weighted by molar-refractivity contribution is 0.268. The van der Waals surface area contributed by atoms with Crippen molar-refractivity contribution in [3.05, 3.63) is 108 Å². The average molecular weight is 516 g/mol. The number of pyridine rings is 1. The number of ether oxygens (including phenoxy) is 2. The van der Waals surface area contributed by atoms with Gasteiger partial charge in [0.05, 0.1) is 0 Å². The van der Waals surface area contributed by atoms with Crippen LogP contribution in [0.3, 0.4) is 0 Å². The van der Waals surface area contributed by atoms with Crippen LogP contribution in [0, 0.1) is 11.6 Å². The van der Waals surface area contributed by atoms with Gasteiger partial charge in [0.15, 0.2) is 0 Å². The predicted octanol–water partition coefficient (Wildman–Crippen LogP) is 6.37. The van der Waals surface area contributed by atoms with Gasteiger partial charge in [-0.3, -0.25) is 0 Å². The number of aromatic nitrogens is 1. The standard InChI is InChI=1S/C31H31F2N3O2/c1-21-17-36(18-22(2)34-21)30-27(32)15-25(16-28(30)33)26-13-14-29(37-19-23-9-5-3-6-10-23)35-31(26)38-20-24-11-7-4-8-12-24/h3-16,21-22,34H,17-20H2,1-2H3. The van der Waals surface area contributed by atoms with Crippen LogP contribution in [-0.2, 0) is 13.2 Å². The van der Waals surface area contributed by atoms with Gasteiger partial charge in [0.2, 0.25) is 11.8 Å². The van der Waals surface area contributed by atoms with Gasteiger partial charge in [0, 0.05) is 36.8 Å². The van der Waals surface area contributed by atoms with E-state index in [0.29, 0.717) is 36.7 Å². The van der Waals surface area contributed by atoms with Gasteiger partial charge < -0.3 is 19.7 Å². The maximum absolute atomic E-state index is 15.4. The smallest absolute Gasteiger partial charge is 0.225 e. The first-order valence-electron chi connectivity index (χ1n) is 12.8. The van der Waals surface area contributed by atoms with Crippen LogP contribution in [0.25, 0.3) is 11.1 Å². The zero-order valence-electron chi connectivity index (χ0n) is 21.5. The van der Waals surface area contributed by atoms with Crippen LogP contribution in [0.1, 0.15) is 25.0 Å². The van der Waals surface area contributed by atoms with E-state index in [1.54, 1.807) is 17.0 Å². The van der Waals surface area contributed by atoms with Crippen molar-refractivity contribution in [2.45, 2.75) is 39.1 Å². The van der Waals surface area contributed by atoms with E-state index in [4.69, 9.17) is 9.47 Å². The van der Waals surface area contributed by atoms with Crippen LogP contribution < -0.4 is 19.7 Å². The first-order chi connectivity index (χ1) is 18.5. The van der Waals surface area contributed by atoms with E-state index in [-0.39, 0.29) is 30.3 Å². The van der Waals surface area contributed by atoms with Crippen LogP contribution in [0.15, 0.2) is 84.9 Å². The molecule has 4 aromatic rings. The maximum Gasteiger partial charge on any atom is 0.225 e. The van der Waals surface area contributed by atoms with E-state index in [1.165, 1.54) is 12.1 Å². The molecule has 1 saturated heterocycles. The van der Waals surface area contributed by atoms with Gasteiger partial charge in [-0.2, -0.15) is 4.98 Å². The molecule has 0 bridgehead atoms. The summed E-state index contributed by atoms with van der Waals surface area (Å²) >= 11 is 0. The molecule has 38 heavy (non-hydrogen) atoms. The highest BCUT2D eigenvalue weighted by molar-refractivity contribution is 5.72. The maximum atomic E-state index is 15.4. The molecule has 0 amide bonds. The third kappa shape index (κ3) is 6.11. The summed E-state index contributed by atoms with van der Waals surface area (Å²) in [5.74, 6) is -0.614. The summed E-state index contributed by atoms with van der Waals surface area (Å²) in [6.07, 6.45) is 0. The highest BCUT2D eigenvalue weighted by Gasteiger charge is 2.26. The van der Waals surface area contributed by atoms with E-state index in [1.807, 2.05) is 74.5 Å². The van der Waals surface area contributed by atoms with E-state index in [2.05, 4.69) is 10.3 Å². The van der Waals surface area contributed by atoms with Crippen molar-refractivity contribution in [1.29, 1.82) is 0 Å². The van der Waals surface area contributed by atoms with Crippen molar-refractivity contribution in [3.63, 3.8) is 0 Å². The predicted molar refractivity (Wildman–Crippen MR) is 145 cm³/mol. The lowest BCUT2D eigenvalue weighted by Crippen LogP contribution is -2.54. The molecule has 7 heteroatoms. The second-order valence-corrected chi connectivity index (χ2v) is 9.71. The number of nitrogens with one attached hydrogen (secondary N) is 1. The molecule has 2 heterocycles. The van der Waals surface area contributed by atoms with Crippen molar-refractivity contribution in [1.82, 2.24) is 10.3 Å². The molecule has 2 atom stereocenters. The molecule has 5 rings (SSSR count). The Morgan fingerprint density at radius 2 is 1.34 bits per heavy atom. The molecule has 1 aliphatic heterocycles. The molecule has 0 aliphatic carbocycles. The molecule has 0 spiro atoms. The topological polar surface area (TPSA) is 46.6 Å². The first kappa shape index (κ1) is 25.7. The second kappa shape index (κ2) is 11.6. The lowest BCUT2D eigenvalue weighted by Gasteiger charge is -2.38. The largest absolute Gasteiger partial charge is 0.473 e. The normalized spacial score (nSPS) is 17.3. The van der Waals surface area contributed by atoms with Crippen LogP contribution >= 0.6 is 0 Å². The Bertz CT molecular complexity index is 1340. The Kier molecular flexibility index (Phi) is 7.84. The van der Waals surface area contributed by atoms with Crippen LogP contribution in [0.2, 0.25) is 0 Å². The number of piperazine rings is 1. The van der Waals surface area contributed by atoms with Gasteiger partial charge >= 0.3 is 0 Å². The van der Waals surface area contributed by atoms with Crippen LogP contribution in [-0.4, -0.2) is 30.2 Å². The molecule has 2 unspecified atom stereocenters. The minimum absolute atomic E-state index is 0.00326. The van der Waals surface area contributed by atoms with Gasteiger partial charge in [0.25, 0.3) is 0 Å². The average Bonchev–Trinajstić information content (AvgIpc) is 2.91. The number of hydrogen-bond donors (Lipinski definition) is 1. The second-order valence-electron chi connectivity index (χ2n) is 9.71. The summed E-state index contributed by atoms with van der Waals surface area (Å²) in [4.78, 5) is 6.33. The summed E-state index contributed by atoms with van der Waals surface area (Å²) in [6, 6.07) is 25.8. The molecule has 0 saturated carbocycles. The molecular formula is C31H31F2N3O2. The Labute approximate surface area is 222 Å². The zero-order chi connectivity index (χ0) is 26.5. The van der Waals surface area contributed by atoms with Gasteiger partial charge in [-0.1, -0.05) is 60.7 Å². The minimum atomic E-state index is -0.611. The van der Waals surface area contributed by atoms with Crippen LogP contribution in [0.5, 0.6) is 11.8 Å². The SMILES string of the molecule is CC1CN(c2c(F)cc(-c3ccc(OCc4ccccc4)nc3OCc3ccccc3)cc2F)CC(C)N1. The number of nitrogens with zero attached hydrogens (tertiary/aromatic N) is 2. The monoisotopic (exact) mass is 515 g/mol. The first-order valence-corrected chi connectivity index (χ1v) is 12.8. The lowest BCUT2D eigenvalue weighted by atomic mass is 10.0. The van der Waals surface area contributed by atoms with Crippen molar-refractivity contribution >= 4 is 5.69 Å². The summed E-state index contributed by atoms with van der Waals surface area (Å²) in [5.41, 5.74) is 2.79. The van der Waals surface area contributed by atoms with E-state index < -0.39 is 11.6 Å². The summed E-state index contributed by atoms with van der Waals surface area (Å²) in [5, 5.41) is 3.39. The molecular weight excluding hydrogens is 484 g/mol. The van der Waals surface area contributed by atoms with E-state index in [0.717, 1.165) is 11.1 Å². The number of halogens is 2. The Hall–Kier alpha value is -3.97. The van der Waals surface area contributed by atoms with E-state index >= 15 is 8.78 Å². The van der Waals surface area contributed by atoms with Gasteiger partial charge in [-0.05, 0) is 48.7 Å². The number of rotatable bonds is 8. The number of benzene rings is 3. The molecule has 1 aliphatic rings. The Balaban J connectivity index is 1.45. The number of hydrogen-bond acceptors (Lipinski definition) is 5. The zero-order valence-corrected chi connectivity index (χ0v) is 21.5. The number of anilines is 1. The van der Waals surface area contributed by atoms with Crippen molar-refractivity contribution in [3.8, 4) is 22.9 Å². The fourth-order valence-corrected chi connectivity index (χ4v) is 4.82. The molecule has 1 aromatic heterocycles. The highest BCUT2D eigenvalue weighted by atomic mass is 19.1. The fourth-order valence-electron chi connectivity index (χ4n) is 4.82. The molecule has 3 aromatic carbocycles. The molecule has 1 N–H and O–H groups in total. The Morgan fingerprint density at radius 1 is 0.789 bits per heavy atom. The van der Waals surface area contributed by atoms with Gasteiger partial charge in [-0.15, -0.1) is 0 Å².